The van der Waals surface area contributed by atoms with Gasteiger partial charge in [0.1, 0.15) is 16.8 Å². The van der Waals surface area contributed by atoms with Crippen LogP contribution in [-0.4, -0.2) is 28.0 Å². The van der Waals surface area contributed by atoms with Gasteiger partial charge < -0.3 is 16.0 Å². The molecule has 2 unspecified atom stereocenters. The number of amides is 3. The highest BCUT2D eigenvalue weighted by Gasteiger charge is 2.27. The van der Waals surface area contributed by atoms with Gasteiger partial charge in [0.05, 0.1) is 10.8 Å². The van der Waals surface area contributed by atoms with E-state index in [1.54, 1.807) is 73.1 Å². The Morgan fingerprint density at radius 3 is 2.67 bits per heavy atom. The number of anilines is 2. The second-order valence-corrected chi connectivity index (χ2v) is 13.2. The second-order valence-electron chi connectivity index (χ2n) is 10.8. The van der Waals surface area contributed by atoms with Gasteiger partial charge in [-0.1, -0.05) is 44.2 Å². The van der Waals surface area contributed by atoms with Crippen molar-refractivity contribution in [2.24, 2.45) is 5.92 Å². The van der Waals surface area contributed by atoms with E-state index in [-0.39, 0.29) is 11.6 Å². The van der Waals surface area contributed by atoms with E-state index in [9.17, 15) is 19.6 Å². The van der Waals surface area contributed by atoms with E-state index in [0.29, 0.717) is 39.7 Å². The topological polar surface area (TPSA) is 124 Å². The van der Waals surface area contributed by atoms with Crippen LogP contribution in [0.25, 0.3) is 6.08 Å². The number of hydrogen-bond donors (Lipinski definition) is 3. The minimum Gasteiger partial charge on any atom is -0.321 e. The average Bonchev–Trinajstić information content (AvgIpc) is 3.39. The Balaban J connectivity index is 1.29. The molecule has 2 atom stereocenters. The number of fused-ring (bicyclic) bond motifs is 1. The third kappa shape index (κ3) is 8.06. The number of thioether (sulfide) groups is 1. The first-order valence-electron chi connectivity index (χ1n) is 14.8. The quantitative estimate of drug-likeness (QED) is 0.127. The van der Waals surface area contributed by atoms with Gasteiger partial charge in [-0.2, -0.15) is 5.26 Å². The van der Waals surface area contributed by atoms with Gasteiger partial charge in [0.2, 0.25) is 5.91 Å². The fourth-order valence-electron chi connectivity index (χ4n) is 5.05. The number of rotatable bonds is 10. The number of pyridine rings is 1. The highest BCUT2D eigenvalue weighted by molar-refractivity contribution is 8.00. The molecule has 2 heterocycles. The standard InChI is InChI=1S/C35H33N5O3S2/c1-3-30(34(43)40-35-28(20-36)27-15-14-22(2)17-31(27)45-35)44-26-13-7-12-25(19-26)38-33(42)29(18-23-9-8-16-37-21-23)39-32(41)24-10-5-4-6-11-24/h4-13,16,18-19,21-22,30H,3,14-15,17H2,1-2H3,(H,38,42)(H,39,41)(H,40,43)/b29-18-. The van der Waals surface area contributed by atoms with Crippen LogP contribution in [0.1, 0.15) is 58.6 Å². The Morgan fingerprint density at radius 1 is 1.11 bits per heavy atom. The molecule has 228 valence electrons. The van der Waals surface area contributed by atoms with Gasteiger partial charge >= 0.3 is 0 Å². The summed E-state index contributed by atoms with van der Waals surface area (Å²) in [5.74, 6) is -0.511. The number of hydrogen-bond acceptors (Lipinski definition) is 7. The van der Waals surface area contributed by atoms with E-state index < -0.39 is 17.1 Å². The SMILES string of the molecule is CCC(Sc1cccc(NC(=O)/C(=C/c2cccnc2)NC(=O)c2ccccc2)c1)C(=O)Nc1sc2c(c1C#N)CCC(C)C2. The lowest BCUT2D eigenvalue weighted by Gasteiger charge is -2.17. The van der Waals surface area contributed by atoms with Gasteiger partial charge in [-0.3, -0.25) is 19.4 Å². The summed E-state index contributed by atoms with van der Waals surface area (Å²) in [6, 6.07) is 21.7. The van der Waals surface area contributed by atoms with Crippen LogP contribution in [0.15, 0.2) is 89.7 Å². The van der Waals surface area contributed by atoms with Crippen molar-refractivity contribution in [1.29, 1.82) is 5.26 Å². The third-order valence-corrected chi connectivity index (χ3v) is 9.95. The zero-order valence-corrected chi connectivity index (χ0v) is 26.6. The fraction of sp³-hybridized carbons (Fsp3) is 0.229. The van der Waals surface area contributed by atoms with E-state index in [0.717, 1.165) is 29.7 Å². The summed E-state index contributed by atoms with van der Waals surface area (Å²) in [4.78, 5) is 45.8. The second kappa shape index (κ2) is 14.8. The molecule has 2 aromatic heterocycles. The highest BCUT2D eigenvalue weighted by atomic mass is 32.2. The lowest BCUT2D eigenvalue weighted by molar-refractivity contribution is -0.116. The summed E-state index contributed by atoms with van der Waals surface area (Å²) in [5.41, 5.74) is 3.31. The zero-order chi connectivity index (χ0) is 31.8. The van der Waals surface area contributed by atoms with Crippen molar-refractivity contribution in [1.82, 2.24) is 10.3 Å². The predicted molar refractivity (Wildman–Crippen MR) is 180 cm³/mol. The maximum absolute atomic E-state index is 13.4. The van der Waals surface area contributed by atoms with Crippen LogP contribution in [0.2, 0.25) is 0 Å². The molecule has 2 aromatic carbocycles. The molecule has 10 heteroatoms. The number of carbonyl (C=O) groups excluding carboxylic acids is 3. The Hall–Kier alpha value is -4.72. The number of thiophene rings is 1. The fourth-order valence-corrected chi connectivity index (χ4v) is 7.43. The smallest absolute Gasteiger partial charge is 0.272 e. The summed E-state index contributed by atoms with van der Waals surface area (Å²) in [6.07, 6.45) is 8.21. The van der Waals surface area contributed by atoms with Gasteiger partial charge in [0.15, 0.2) is 0 Å². The largest absolute Gasteiger partial charge is 0.321 e. The van der Waals surface area contributed by atoms with Crippen molar-refractivity contribution < 1.29 is 14.4 Å². The van der Waals surface area contributed by atoms with Crippen LogP contribution in [0.4, 0.5) is 10.7 Å². The average molecular weight is 636 g/mol. The lowest BCUT2D eigenvalue weighted by Crippen LogP contribution is -2.30. The summed E-state index contributed by atoms with van der Waals surface area (Å²) >= 11 is 2.91. The van der Waals surface area contributed by atoms with Crippen molar-refractivity contribution in [3.05, 3.63) is 112 Å². The van der Waals surface area contributed by atoms with Gasteiger partial charge in [-0.15, -0.1) is 23.1 Å². The maximum Gasteiger partial charge on any atom is 0.272 e. The van der Waals surface area contributed by atoms with E-state index in [2.05, 4.69) is 33.9 Å². The Morgan fingerprint density at radius 2 is 1.93 bits per heavy atom. The number of nitriles is 1. The van der Waals surface area contributed by atoms with Crippen molar-refractivity contribution in [3.63, 3.8) is 0 Å². The monoisotopic (exact) mass is 635 g/mol. The number of benzene rings is 2. The molecule has 0 spiro atoms. The number of nitrogens with zero attached hydrogens (tertiary/aromatic N) is 2. The molecule has 0 aliphatic heterocycles. The molecule has 45 heavy (non-hydrogen) atoms. The molecule has 0 saturated carbocycles. The molecule has 4 aromatic rings. The number of aromatic nitrogens is 1. The summed E-state index contributed by atoms with van der Waals surface area (Å²) in [7, 11) is 0. The van der Waals surface area contributed by atoms with E-state index in [4.69, 9.17) is 0 Å². The van der Waals surface area contributed by atoms with E-state index in [1.807, 2.05) is 19.1 Å². The van der Waals surface area contributed by atoms with Crippen molar-refractivity contribution in [2.75, 3.05) is 10.6 Å². The first kappa shape index (κ1) is 31.7. The first-order chi connectivity index (χ1) is 21.8. The van der Waals surface area contributed by atoms with Crippen LogP contribution in [0, 0.1) is 17.2 Å². The molecule has 1 aliphatic rings. The zero-order valence-electron chi connectivity index (χ0n) is 25.0. The van der Waals surface area contributed by atoms with Crippen LogP contribution >= 0.6 is 23.1 Å². The molecule has 8 nitrogen and oxygen atoms in total. The minimum absolute atomic E-state index is 0.0575. The van der Waals surface area contributed by atoms with Gasteiger partial charge in [0.25, 0.3) is 11.8 Å². The molecule has 0 bridgehead atoms. The van der Waals surface area contributed by atoms with E-state index >= 15 is 0 Å². The summed E-state index contributed by atoms with van der Waals surface area (Å²) in [6.45, 7) is 4.16. The Labute approximate surface area is 271 Å². The molecule has 0 fully saturated rings. The normalized spacial score (nSPS) is 14.9. The molecular formula is C35H33N5O3S2. The molecular weight excluding hydrogens is 603 g/mol. The highest BCUT2D eigenvalue weighted by Crippen LogP contribution is 2.40. The summed E-state index contributed by atoms with van der Waals surface area (Å²) in [5, 5.41) is 18.7. The molecule has 0 saturated heterocycles. The first-order valence-corrected chi connectivity index (χ1v) is 16.5. The molecule has 1 aliphatic carbocycles. The third-order valence-electron chi connectivity index (χ3n) is 7.42. The predicted octanol–water partition coefficient (Wildman–Crippen LogP) is 7.06. The van der Waals surface area contributed by atoms with Gasteiger partial charge in [0, 0.05) is 33.4 Å². The Bertz CT molecular complexity index is 1760. The van der Waals surface area contributed by atoms with Crippen LogP contribution in [0.5, 0.6) is 0 Å². The van der Waals surface area contributed by atoms with Crippen LogP contribution < -0.4 is 16.0 Å². The van der Waals surface area contributed by atoms with Crippen molar-refractivity contribution in [3.8, 4) is 6.07 Å². The van der Waals surface area contributed by atoms with Gasteiger partial charge in [-0.25, -0.2) is 0 Å². The molecule has 0 radical (unpaired) electrons. The maximum atomic E-state index is 13.4. The molecule has 5 rings (SSSR count). The molecule has 3 amide bonds. The molecule has 3 N–H and O–H groups in total. The van der Waals surface area contributed by atoms with E-state index in [1.165, 1.54) is 28.0 Å². The minimum atomic E-state index is -0.505. The van der Waals surface area contributed by atoms with Crippen LogP contribution in [0.3, 0.4) is 0 Å². The summed E-state index contributed by atoms with van der Waals surface area (Å²) < 4.78 is 0. The number of carbonyl (C=O) groups is 3. The number of nitrogens with one attached hydrogen (secondary N) is 3. The lowest BCUT2D eigenvalue weighted by atomic mass is 9.88. The Kier molecular flexibility index (Phi) is 10.5. The van der Waals surface area contributed by atoms with Crippen molar-refractivity contribution in [2.45, 2.75) is 49.7 Å². The van der Waals surface area contributed by atoms with Crippen LogP contribution in [-0.2, 0) is 22.4 Å². The van der Waals surface area contributed by atoms with Crippen molar-refractivity contribution >= 4 is 57.6 Å². The van der Waals surface area contributed by atoms with Gasteiger partial charge in [-0.05, 0) is 85.2 Å².